The predicted octanol–water partition coefficient (Wildman–Crippen LogP) is 2.98. The van der Waals surface area contributed by atoms with Crippen LogP contribution in [0.15, 0.2) is 36.7 Å². The van der Waals surface area contributed by atoms with Crippen molar-refractivity contribution in [2.75, 3.05) is 30.8 Å². The van der Waals surface area contributed by atoms with Crippen LogP contribution in [0.4, 0.5) is 11.8 Å². The molecule has 26 heavy (non-hydrogen) atoms. The first-order valence-electron chi connectivity index (χ1n) is 9.03. The largest absolute Gasteiger partial charge is 0.372 e. The molecule has 1 fully saturated rings. The van der Waals surface area contributed by atoms with Gasteiger partial charge in [0, 0.05) is 50.9 Å². The number of benzene rings is 1. The highest BCUT2D eigenvalue weighted by atomic mass is 16.5. The van der Waals surface area contributed by atoms with Crippen LogP contribution in [0.1, 0.15) is 24.8 Å². The molecule has 0 bridgehead atoms. The van der Waals surface area contributed by atoms with Crippen molar-refractivity contribution < 1.29 is 4.74 Å². The number of hydrogen-bond acceptors (Lipinski definition) is 6. The predicted molar refractivity (Wildman–Crippen MR) is 102 cm³/mol. The number of hydrogen-bond donors (Lipinski definition) is 2. The second-order valence-electron chi connectivity index (χ2n) is 6.63. The summed E-state index contributed by atoms with van der Waals surface area (Å²) in [5, 5.41) is 7.59. The van der Waals surface area contributed by atoms with E-state index < -0.39 is 0 Å². The molecule has 3 aromatic rings. The molecule has 3 heterocycles. The Bertz CT molecular complexity index is 893. The molecule has 1 saturated heterocycles. The van der Waals surface area contributed by atoms with Gasteiger partial charge in [0.25, 0.3) is 0 Å². The summed E-state index contributed by atoms with van der Waals surface area (Å²) in [7, 11) is 3.89. The zero-order chi connectivity index (χ0) is 17.9. The van der Waals surface area contributed by atoms with Gasteiger partial charge in [0.05, 0.1) is 5.52 Å². The maximum absolute atomic E-state index is 6.04. The summed E-state index contributed by atoms with van der Waals surface area (Å²) >= 11 is 0. The molecule has 4 rings (SSSR count). The summed E-state index contributed by atoms with van der Waals surface area (Å²) in [6.45, 7) is 1.53. The van der Waals surface area contributed by atoms with Gasteiger partial charge in [0.2, 0.25) is 5.95 Å². The van der Waals surface area contributed by atoms with Crippen LogP contribution in [0.25, 0.3) is 10.9 Å². The van der Waals surface area contributed by atoms with Gasteiger partial charge in [-0.3, -0.25) is 0 Å². The van der Waals surface area contributed by atoms with Gasteiger partial charge in [0.1, 0.15) is 17.7 Å². The molecule has 136 valence electrons. The third kappa shape index (κ3) is 3.22. The molecule has 2 N–H and O–H groups in total. The number of anilines is 2. The molecule has 0 saturated carbocycles. The molecule has 0 unspecified atom stereocenters. The molecular formula is C19H24N6O. The molecule has 7 heteroatoms. The number of ether oxygens (including phenoxy) is 1. The van der Waals surface area contributed by atoms with Crippen molar-refractivity contribution in [1.82, 2.24) is 19.5 Å². The highest BCUT2D eigenvalue weighted by Crippen LogP contribution is 2.32. The molecule has 1 aliphatic heterocycles. The number of rotatable bonds is 5. The molecule has 2 aromatic heterocycles. The monoisotopic (exact) mass is 352 g/mol. The lowest BCUT2D eigenvalue weighted by atomic mass is 9.93. The quantitative estimate of drug-likeness (QED) is 0.735. The lowest BCUT2D eigenvalue weighted by Gasteiger charge is -2.31. The lowest BCUT2D eigenvalue weighted by molar-refractivity contribution is -0.0305. The van der Waals surface area contributed by atoms with Crippen molar-refractivity contribution >= 4 is 22.7 Å². The first-order valence-corrected chi connectivity index (χ1v) is 9.03. The van der Waals surface area contributed by atoms with Gasteiger partial charge in [-0.15, -0.1) is 0 Å². The van der Waals surface area contributed by atoms with Crippen molar-refractivity contribution in [2.24, 2.45) is 13.0 Å². The number of nitrogens with zero attached hydrogens (tertiary/aromatic N) is 4. The fraction of sp³-hybridized carbons (Fsp3) is 0.421. The molecule has 0 amide bonds. The Morgan fingerprint density at radius 2 is 2.15 bits per heavy atom. The Hall–Kier alpha value is -2.67. The van der Waals surface area contributed by atoms with Crippen molar-refractivity contribution in [3.8, 4) is 0 Å². The summed E-state index contributed by atoms with van der Waals surface area (Å²) < 4.78 is 8.08. The Labute approximate surface area is 152 Å². The van der Waals surface area contributed by atoms with Gasteiger partial charge >= 0.3 is 0 Å². The van der Waals surface area contributed by atoms with E-state index in [-0.39, 0.29) is 6.10 Å². The van der Waals surface area contributed by atoms with E-state index in [1.165, 1.54) is 0 Å². The fourth-order valence-corrected chi connectivity index (χ4v) is 3.56. The number of aryl methyl sites for hydroxylation is 1. The van der Waals surface area contributed by atoms with Crippen molar-refractivity contribution in [3.05, 3.63) is 42.5 Å². The second-order valence-corrected chi connectivity index (χ2v) is 6.63. The van der Waals surface area contributed by atoms with E-state index in [2.05, 4.69) is 25.6 Å². The van der Waals surface area contributed by atoms with Gasteiger partial charge < -0.3 is 19.9 Å². The summed E-state index contributed by atoms with van der Waals surface area (Å²) in [5.74, 6) is 2.78. The van der Waals surface area contributed by atoms with E-state index in [1.807, 2.05) is 55.3 Å². The summed E-state index contributed by atoms with van der Waals surface area (Å²) in [6, 6.07) is 8.02. The van der Waals surface area contributed by atoms with Crippen LogP contribution in [0.2, 0.25) is 0 Å². The first-order chi connectivity index (χ1) is 12.8. The highest BCUT2D eigenvalue weighted by molar-refractivity contribution is 5.89. The van der Waals surface area contributed by atoms with Crippen LogP contribution < -0.4 is 10.6 Å². The minimum Gasteiger partial charge on any atom is -0.372 e. The maximum atomic E-state index is 6.04. The minimum absolute atomic E-state index is 0.000442. The van der Waals surface area contributed by atoms with Crippen LogP contribution in [-0.2, 0) is 11.8 Å². The molecule has 7 nitrogen and oxygen atoms in total. The van der Waals surface area contributed by atoms with Gasteiger partial charge in [-0.1, -0.05) is 12.1 Å². The van der Waals surface area contributed by atoms with Crippen LogP contribution in [0.3, 0.4) is 0 Å². The molecule has 1 aliphatic rings. The molecular weight excluding hydrogens is 328 g/mol. The van der Waals surface area contributed by atoms with E-state index in [0.717, 1.165) is 48.5 Å². The number of fused-ring (bicyclic) bond motifs is 1. The molecule has 0 spiro atoms. The fourth-order valence-electron chi connectivity index (χ4n) is 3.56. The van der Waals surface area contributed by atoms with Crippen molar-refractivity contribution in [2.45, 2.75) is 18.9 Å². The summed E-state index contributed by atoms with van der Waals surface area (Å²) in [5.41, 5.74) is 0.926. The van der Waals surface area contributed by atoms with Gasteiger partial charge in [0.15, 0.2) is 0 Å². The smallest absolute Gasteiger partial charge is 0.225 e. The van der Waals surface area contributed by atoms with E-state index >= 15 is 0 Å². The number of aromatic nitrogens is 4. The van der Waals surface area contributed by atoms with Crippen molar-refractivity contribution in [1.29, 1.82) is 0 Å². The van der Waals surface area contributed by atoms with E-state index in [0.29, 0.717) is 11.9 Å². The number of nitrogens with one attached hydrogen (secondary N) is 2. The molecule has 0 aliphatic carbocycles. The van der Waals surface area contributed by atoms with Crippen LogP contribution in [0, 0.1) is 5.92 Å². The second kappa shape index (κ2) is 7.29. The topological polar surface area (TPSA) is 76.9 Å². The van der Waals surface area contributed by atoms with E-state index in [9.17, 15) is 0 Å². The van der Waals surface area contributed by atoms with Crippen LogP contribution in [-0.4, -0.2) is 39.7 Å². The molecule has 0 radical (unpaired) electrons. The summed E-state index contributed by atoms with van der Waals surface area (Å²) in [6.07, 6.45) is 5.94. The standard InChI is InChI=1S/C19H24N6O/c1-20-17-14-7-3-4-8-15(14)23-19(24-17)22-12-13-6-5-11-26-16(13)18-21-9-10-25(18)2/h3-4,7-10,13,16H,5-6,11-12H2,1-2H3,(H2,20,22,23,24)/t13-,16+/m0/s1. The third-order valence-corrected chi connectivity index (χ3v) is 4.92. The van der Waals surface area contributed by atoms with Crippen LogP contribution in [0.5, 0.6) is 0 Å². The Morgan fingerprint density at radius 3 is 2.96 bits per heavy atom. The average Bonchev–Trinajstić information content (AvgIpc) is 3.11. The van der Waals surface area contributed by atoms with E-state index in [1.54, 1.807) is 0 Å². The minimum atomic E-state index is 0.000442. The maximum Gasteiger partial charge on any atom is 0.225 e. The average molecular weight is 352 g/mol. The zero-order valence-electron chi connectivity index (χ0n) is 15.1. The van der Waals surface area contributed by atoms with Gasteiger partial charge in [-0.05, 0) is 25.0 Å². The Morgan fingerprint density at radius 1 is 1.27 bits per heavy atom. The van der Waals surface area contributed by atoms with Crippen molar-refractivity contribution in [3.63, 3.8) is 0 Å². The third-order valence-electron chi connectivity index (χ3n) is 4.92. The number of imidazole rings is 1. The lowest BCUT2D eigenvalue weighted by Crippen LogP contribution is -2.30. The number of para-hydroxylation sites is 1. The van der Waals surface area contributed by atoms with E-state index in [4.69, 9.17) is 4.74 Å². The normalized spacial score (nSPS) is 20.2. The SMILES string of the molecule is CNc1nc(NC[C@@H]2CCCO[C@H]2c2nccn2C)nc2ccccc12. The Kier molecular flexibility index (Phi) is 4.71. The zero-order valence-corrected chi connectivity index (χ0v) is 15.1. The van der Waals surface area contributed by atoms with Gasteiger partial charge in [-0.2, -0.15) is 4.98 Å². The summed E-state index contributed by atoms with van der Waals surface area (Å²) in [4.78, 5) is 13.7. The molecule has 1 aromatic carbocycles. The highest BCUT2D eigenvalue weighted by Gasteiger charge is 2.30. The molecule has 2 atom stereocenters. The van der Waals surface area contributed by atoms with Crippen LogP contribution >= 0.6 is 0 Å². The Balaban J connectivity index is 1.54. The van der Waals surface area contributed by atoms with Gasteiger partial charge in [-0.25, -0.2) is 9.97 Å². The first kappa shape index (κ1) is 16.8.